The van der Waals surface area contributed by atoms with Crippen LogP contribution < -0.4 is 5.32 Å². The van der Waals surface area contributed by atoms with Gasteiger partial charge in [-0.2, -0.15) is 0 Å². The van der Waals surface area contributed by atoms with E-state index in [0.717, 1.165) is 5.56 Å². The van der Waals surface area contributed by atoms with Gasteiger partial charge in [-0.15, -0.1) is 0 Å². The van der Waals surface area contributed by atoms with Crippen LogP contribution in [0.4, 0.5) is 5.69 Å². The molecule has 3 rings (SSSR count). The predicted molar refractivity (Wildman–Crippen MR) is 79.6 cm³/mol. The summed E-state index contributed by atoms with van der Waals surface area (Å²) >= 11 is 12.5. The van der Waals surface area contributed by atoms with Gasteiger partial charge in [0.15, 0.2) is 5.78 Å². The van der Waals surface area contributed by atoms with Gasteiger partial charge in [-0.1, -0.05) is 47.5 Å². The van der Waals surface area contributed by atoms with E-state index in [2.05, 4.69) is 5.32 Å². The third kappa shape index (κ3) is 1.82. The minimum atomic E-state index is -0.272. The normalized spacial score (nSPS) is 12.1. The van der Waals surface area contributed by atoms with Crippen LogP contribution >= 0.6 is 23.2 Å². The lowest BCUT2D eigenvalue weighted by molar-refractivity contribution is -0.114. The molecule has 0 aromatic heterocycles. The molecule has 0 heterocycles. The maximum absolute atomic E-state index is 12.4. The average Bonchev–Trinajstić information content (AvgIpc) is 2.69. The molecule has 1 aliphatic carbocycles. The second kappa shape index (κ2) is 4.62. The molecule has 100 valence electrons. The van der Waals surface area contributed by atoms with E-state index in [1.165, 1.54) is 6.92 Å². The van der Waals surface area contributed by atoms with Crippen LogP contribution in [0.2, 0.25) is 10.0 Å². The zero-order chi connectivity index (χ0) is 14.4. The summed E-state index contributed by atoms with van der Waals surface area (Å²) in [4.78, 5) is 23.6. The molecule has 3 nitrogen and oxygen atoms in total. The van der Waals surface area contributed by atoms with Gasteiger partial charge in [0.1, 0.15) is 0 Å². The number of benzene rings is 2. The van der Waals surface area contributed by atoms with E-state index in [9.17, 15) is 9.59 Å². The Bertz CT molecular complexity index is 769. The van der Waals surface area contributed by atoms with Crippen molar-refractivity contribution in [2.45, 2.75) is 6.92 Å². The molecular weight excluding hydrogens is 297 g/mol. The summed E-state index contributed by atoms with van der Waals surface area (Å²) in [6.45, 7) is 1.37. The SMILES string of the molecule is CC(=O)Nc1cc2c(c(Cl)c1Cl)-c1ccccc1C2=O. The van der Waals surface area contributed by atoms with Crippen molar-refractivity contribution in [2.24, 2.45) is 0 Å². The zero-order valence-electron chi connectivity index (χ0n) is 10.5. The van der Waals surface area contributed by atoms with Gasteiger partial charge < -0.3 is 5.32 Å². The van der Waals surface area contributed by atoms with Crippen LogP contribution in [0.3, 0.4) is 0 Å². The lowest BCUT2D eigenvalue weighted by Gasteiger charge is -2.11. The number of carbonyl (C=O) groups excluding carboxylic acids is 2. The van der Waals surface area contributed by atoms with Crippen molar-refractivity contribution in [3.8, 4) is 11.1 Å². The highest BCUT2D eigenvalue weighted by atomic mass is 35.5. The van der Waals surface area contributed by atoms with E-state index in [0.29, 0.717) is 22.4 Å². The van der Waals surface area contributed by atoms with Gasteiger partial charge in [0.25, 0.3) is 0 Å². The molecule has 0 aliphatic heterocycles. The Labute approximate surface area is 125 Å². The van der Waals surface area contributed by atoms with E-state index in [4.69, 9.17) is 23.2 Å². The number of hydrogen-bond acceptors (Lipinski definition) is 2. The molecule has 0 spiro atoms. The highest BCUT2D eigenvalue weighted by molar-refractivity contribution is 6.47. The Morgan fingerprint density at radius 2 is 1.70 bits per heavy atom. The quantitative estimate of drug-likeness (QED) is 0.733. The summed E-state index contributed by atoms with van der Waals surface area (Å²) < 4.78 is 0. The van der Waals surface area contributed by atoms with Gasteiger partial charge in [0, 0.05) is 23.6 Å². The molecule has 2 aromatic rings. The van der Waals surface area contributed by atoms with E-state index in [1.807, 2.05) is 12.1 Å². The second-order valence-corrected chi connectivity index (χ2v) is 5.29. The number of fused-ring (bicyclic) bond motifs is 3. The minimum absolute atomic E-state index is 0.110. The lowest BCUT2D eigenvalue weighted by Crippen LogP contribution is -2.07. The van der Waals surface area contributed by atoms with Gasteiger partial charge in [0.2, 0.25) is 5.91 Å². The third-order valence-corrected chi connectivity index (χ3v) is 4.07. The van der Waals surface area contributed by atoms with E-state index < -0.39 is 0 Å². The average molecular weight is 306 g/mol. The van der Waals surface area contributed by atoms with Crippen LogP contribution in [0, 0.1) is 0 Å². The van der Waals surface area contributed by atoms with Gasteiger partial charge >= 0.3 is 0 Å². The molecular formula is C15H9Cl2NO2. The molecule has 0 bridgehead atoms. The first-order valence-electron chi connectivity index (χ1n) is 5.94. The van der Waals surface area contributed by atoms with Crippen LogP contribution in [-0.4, -0.2) is 11.7 Å². The molecule has 1 aliphatic rings. The van der Waals surface area contributed by atoms with Gasteiger partial charge in [-0.05, 0) is 11.6 Å². The van der Waals surface area contributed by atoms with Crippen molar-refractivity contribution in [2.75, 3.05) is 5.32 Å². The Morgan fingerprint density at radius 3 is 2.35 bits per heavy atom. The molecule has 0 saturated heterocycles. The van der Waals surface area contributed by atoms with Gasteiger partial charge in [-0.3, -0.25) is 9.59 Å². The number of rotatable bonds is 1. The van der Waals surface area contributed by atoms with Crippen molar-refractivity contribution >= 4 is 40.6 Å². The first-order chi connectivity index (χ1) is 9.50. The molecule has 0 fully saturated rings. The zero-order valence-corrected chi connectivity index (χ0v) is 12.0. The number of ketones is 1. The maximum atomic E-state index is 12.4. The van der Waals surface area contributed by atoms with Crippen LogP contribution in [0.5, 0.6) is 0 Å². The van der Waals surface area contributed by atoms with Crippen molar-refractivity contribution in [1.82, 2.24) is 0 Å². The summed E-state index contributed by atoms with van der Waals surface area (Å²) in [7, 11) is 0. The molecule has 0 unspecified atom stereocenters. The van der Waals surface area contributed by atoms with Crippen molar-refractivity contribution < 1.29 is 9.59 Å². The summed E-state index contributed by atoms with van der Waals surface area (Å²) in [6, 6.07) is 8.80. The molecule has 0 radical (unpaired) electrons. The van der Waals surface area contributed by atoms with Gasteiger partial charge in [0.05, 0.1) is 15.7 Å². The van der Waals surface area contributed by atoms with Crippen molar-refractivity contribution in [3.05, 3.63) is 51.5 Å². The standard InChI is InChI=1S/C15H9Cl2NO2/c1-7(19)18-11-6-10-12(14(17)13(11)16)8-4-2-3-5-9(8)15(10)20/h2-6H,1H3,(H,18,19). The van der Waals surface area contributed by atoms with E-state index >= 15 is 0 Å². The van der Waals surface area contributed by atoms with Crippen LogP contribution in [0.1, 0.15) is 22.8 Å². The molecule has 2 aromatic carbocycles. The fourth-order valence-electron chi connectivity index (χ4n) is 2.39. The minimum Gasteiger partial charge on any atom is -0.325 e. The molecule has 20 heavy (non-hydrogen) atoms. The number of halogens is 2. The number of nitrogens with one attached hydrogen (secondary N) is 1. The van der Waals surface area contributed by atoms with Gasteiger partial charge in [-0.25, -0.2) is 0 Å². The fraction of sp³-hybridized carbons (Fsp3) is 0.0667. The maximum Gasteiger partial charge on any atom is 0.221 e. The Kier molecular flexibility index (Phi) is 3.04. The van der Waals surface area contributed by atoms with E-state index in [-0.39, 0.29) is 21.7 Å². The monoisotopic (exact) mass is 305 g/mol. The molecule has 1 N–H and O–H groups in total. The molecule has 0 saturated carbocycles. The van der Waals surface area contributed by atoms with Crippen molar-refractivity contribution in [3.63, 3.8) is 0 Å². The van der Waals surface area contributed by atoms with E-state index in [1.54, 1.807) is 18.2 Å². The predicted octanol–water partition coefficient (Wildman–Crippen LogP) is 4.16. The highest BCUT2D eigenvalue weighted by Crippen LogP contribution is 2.46. The molecule has 1 amide bonds. The smallest absolute Gasteiger partial charge is 0.221 e. The van der Waals surface area contributed by atoms with Crippen LogP contribution in [0.25, 0.3) is 11.1 Å². The Hall–Kier alpha value is -1.84. The number of amides is 1. The Morgan fingerprint density at radius 1 is 1.05 bits per heavy atom. The van der Waals surface area contributed by atoms with Crippen LogP contribution in [-0.2, 0) is 4.79 Å². The molecule has 0 atom stereocenters. The first-order valence-corrected chi connectivity index (χ1v) is 6.70. The largest absolute Gasteiger partial charge is 0.325 e. The summed E-state index contributed by atoms with van der Waals surface area (Å²) in [6.07, 6.45) is 0. The topological polar surface area (TPSA) is 46.2 Å². The summed E-state index contributed by atoms with van der Waals surface area (Å²) in [5.74, 6) is -0.383. The highest BCUT2D eigenvalue weighted by Gasteiger charge is 2.30. The summed E-state index contributed by atoms with van der Waals surface area (Å²) in [5.41, 5.74) is 2.81. The Balaban J connectivity index is 2.29. The number of hydrogen-bond donors (Lipinski definition) is 1. The van der Waals surface area contributed by atoms with Crippen molar-refractivity contribution in [1.29, 1.82) is 0 Å². The number of carbonyl (C=O) groups is 2. The lowest BCUT2D eigenvalue weighted by atomic mass is 10.1. The van der Waals surface area contributed by atoms with Crippen LogP contribution in [0.15, 0.2) is 30.3 Å². The fourth-order valence-corrected chi connectivity index (χ4v) is 2.89. The first kappa shape index (κ1) is 13.2. The third-order valence-electron chi connectivity index (χ3n) is 3.20. The number of anilines is 1. The second-order valence-electron chi connectivity index (χ2n) is 4.53. The molecule has 5 heteroatoms. The summed E-state index contributed by atoms with van der Waals surface area (Å²) in [5, 5.41) is 3.11.